The first-order chi connectivity index (χ1) is 7.65. The number of carbonyl (C=O) groups is 1. The van der Waals surface area contributed by atoms with Crippen LogP contribution < -0.4 is 9.64 Å². The quantitative estimate of drug-likeness (QED) is 0.781. The summed E-state index contributed by atoms with van der Waals surface area (Å²) in [5.74, 6) is 1.17. The van der Waals surface area contributed by atoms with Gasteiger partial charge >= 0.3 is 0 Å². The van der Waals surface area contributed by atoms with E-state index in [-0.39, 0.29) is 6.10 Å². The van der Waals surface area contributed by atoms with Crippen molar-refractivity contribution in [2.75, 3.05) is 19.0 Å². The first-order valence-electron chi connectivity index (χ1n) is 5.61. The highest BCUT2D eigenvalue weighted by Crippen LogP contribution is 2.24. The molecule has 86 valence electrons. The predicted octanol–water partition coefficient (Wildman–Crippen LogP) is 2.25. The van der Waals surface area contributed by atoms with Gasteiger partial charge in [-0.05, 0) is 18.6 Å². The van der Waals surface area contributed by atoms with Gasteiger partial charge in [0.15, 0.2) is 0 Å². The molecule has 0 radical (unpaired) electrons. The summed E-state index contributed by atoms with van der Waals surface area (Å²) in [6.45, 7) is 0. The van der Waals surface area contributed by atoms with Crippen molar-refractivity contribution in [3.8, 4) is 5.75 Å². The fourth-order valence-electron chi connectivity index (χ4n) is 1.91. The van der Waals surface area contributed by atoms with Crippen molar-refractivity contribution in [1.29, 1.82) is 0 Å². The van der Waals surface area contributed by atoms with Crippen molar-refractivity contribution < 1.29 is 9.53 Å². The molecule has 1 aromatic rings. The van der Waals surface area contributed by atoms with Crippen LogP contribution in [-0.4, -0.2) is 26.0 Å². The summed E-state index contributed by atoms with van der Waals surface area (Å²) in [6.07, 6.45) is 2.15. The molecule has 1 aliphatic rings. The number of benzene rings is 1. The third-order valence-electron chi connectivity index (χ3n) is 2.84. The average Bonchev–Trinajstić information content (AvgIpc) is 2.64. The van der Waals surface area contributed by atoms with Gasteiger partial charge in [-0.1, -0.05) is 6.07 Å². The zero-order chi connectivity index (χ0) is 11.5. The number of ketones is 1. The third-order valence-corrected chi connectivity index (χ3v) is 2.84. The van der Waals surface area contributed by atoms with Gasteiger partial charge in [0.2, 0.25) is 0 Å². The minimum atomic E-state index is 0.0740. The summed E-state index contributed by atoms with van der Waals surface area (Å²) < 4.78 is 5.79. The van der Waals surface area contributed by atoms with Crippen LogP contribution in [0.4, 0.5) is 5.69 Å². The Morgan fingerprint density at radius 3 is 2.81 bits per heavy atom. The summed E-state index contributed by atoms with van der Waals surface area (Å²) in [4.78, 5) is 13.2. The molecule has 1 aromatic carbocycles. The smallest absolute Gasteiger partial charge is 0.136 e. The Morgan fingerprint density at radius 2 is 2.19 bits per heavy atom. The number of nitrogens with zero attached hydrogens (tertiary/aromatic N) is 1. The molecule has 0 aromatic heterocycles. The van der Waals surface area contributed by atoms with Crippen molar-refractivity contribution in [1.82, 2.24) is 0 Å². The van der Waals surface area contributed by atoms with Gasteiger partial charge in [-0.2, -0.15) is 0 Å². The maximum Gasteiger partial charge on any atom is 0.136 e. The molecule has 16 heavy (non-hydrogen) atoms. The number of carbonyl (C=O) groups excluding carboxylic acids is 1. The van der Waals surface area contributed by atoms with E-state index in [1.807, 2.05) is 43.3 Å². The van der Waals surface area contributed by atoms with Gasteiger partial charge in [0.25, 0.3) is 0 Å². The van der Waals surface area contributed by atoms with E-state index in [2.05, 4.69) is 0 Å². The highest BCUT2D eigenvalue weighted by molar-refractivity contribution is 5.81. The lowest BCUT2D eigenvalue weighted by Gasteiger charge is -2.16. The lowest BCUT2D eigenvalue weighted by molar-refractivity contribution is -0.117. The molecule has 1 unspecified atom stereocenters. The van der Waals surface area contributed by atoms with Crippen LogP contribution in [0.15, 0.2) is 24.3 Å². The molecule has 2 rings (SSSR count). The summed E-state index contributed by atoms with van der Waals surface area (Å²) in [7, 11) is 4.00. The maximum absolute atomic E-state index is 11.1. The van der Waals surface area contributed by atoms with Crippen LogP contribution in [0.2, 0.25) is 0 Å². The van der Waals surface area contributed by atoms with E-state index in [1.165, 1.54) is 0 Å². The molecule has 0 amide bonds. The van der Waals surface area contributed by atoms with Crippen molar-refractivity contribution in [2.45, 2.75) is 25.4 Å². The van der Waals surface area contributed by atoms with E-state index in [0.29, 0.717) is 18.6 Å². The molecule has 0 saturated heterocycles. The fourth-order valence-corrected chi connectivity index (χ4v) is 1.91. The van der Waals surface area contributed by atoms with Gasteiger partial charge in [-0.3, -0.25) is 4.79 Å². The Hall–Kier alpha value is -1.51. The molecular formula is C13H17NO2. The predicted molar refractivity (Wildman–Crippen MR) is 64.0 cm³/mol. The Bertz CT molecular complexity index is 387. The van der Waals surface area contributed by atoms with Crippen LogP contribution >= 0.6 is 0 Å². The molecule has 0 aliphatic heterocycles. The zero-order valence-corrected chi connectivity index (χ0v) is 9.77. The van der Waals surface area contributed by atoms with Crippen LogP contribution in [0, 0.1) is 0 Å². The lowest BCUT2D eigenvalue weighted by atomic mass is 10.2. The number of anilines is 1. The van der Waals surface area contributed by atoms with E-state index >= 15 is 0 Å². The monoisotopic (exact) mass is 219 g/mol. The van der Waals surface area contributed by atoms with Gasteiger partial charge in [-0.15, -0.1) is 0 Å². The normalized spacial score (nSPS) is 19.9. The molecule has 1 aliphatic carbocycles. The minimum absolute atomic E-state index is 0.0740. The molecule has 0 heterocycles. The van der Waals surface area contributed by atoms with Gasteiger partial charge in [0.1, 0.15) is 17.6 Å². The average molecular weight is 219 g/mol. The number of hydrogen-bond acceptors (Lipinski definition) is 3. The highest BCUT2D eigenvalue weighted by Gasteiger charge is 2.23. The van der Waals surface area contributed by atoms with E-state index in [9.17, 15) is 4.79 Å². The van der Waals surface area contributed by atoms with Gasteiger partial charge in [-0.25, -0.2) is 0 Å². The zero-order valence-electron chi connectivity index (χ0n) is 9.77. The summed E-state index contributed by atoms with van der Waals surface area (Å²) >= 11 is 0. The largest absolute Gasteiger partial charge is 0.490 e. The Labute approximate surface area is 96.0 Å². The number of hydrogen-bond donors (Lipinski definition) is 0. The van der Waals surface area contributed by atoms with Crippen LogP contribution in [0.5, 0.6) is 5.75 Å². The third kappa shape index (κ3) is 2.54. The first-order valence-corrected chi connectivity index (χ1v) is 5.61. The second-order valence-corrected chi connectivity index (χ2v) is 4.41. The van der Waals surface area contributed by atoms with E-state index in [0.717, 1.165) is 17.9 Å². The molecule has 1 atom stereocenters. The Balaban J connectivity index is 2.04. The van der Waals surface area contributed by atoms with Gasteiger partial charge in [0, 0.05) is 38.7 Å². The highest BCUT2D eigenvalue weighted by atomic mass is 16.5. The number of Topliss-reactive ketones (excluding diaryl/α,β-unsaturated/α-hetero) is 1. The summed E-state index contributed by atoms with van der Waals surface area (Å²) in [5, 5.41) is 0. The number of ether oxygens (including phenoxy) is 1. The summed E-state index contributed by atoms with van der Waals surface area (Å²) in [5.41, 5.74) is 1.11. The summed E-state index contributed by atoms with van der Waals surface area (Å²) in [6, 6.07) is 7.95. The topological polar surface area (TPSA) is 29.5 Å². The van der Waals surface area contributed by atoms with Crippen LogP contribution in [-0.2, 0) is 4.79 Å². The first kappa shape index (κ1) is 11.0. The van der Waals surface area contributed by atoms with Gasteiger partial charge < -0.3 is 9.64 Å². The van der Waals surface area contributed by atoms with Crippen LogP contribution in [0.25, 0.3) is 0 Å². The molecular weight excluding hydrogens is 202 g/mol. The van der Waals surface area contributed by atoms with Gasteiger partial charge in [0.05, 0.1) is 0 Å². The molecule has 0 spiro atoms. The second-order valence-electron chi connectivity index (χ2n) is 4.41. The maximum atomic E-state index is 11.1. The van der Waals surface area contributed by atoms with Crippen molar-refractivity contribution in [3.63, 3.8) is 0 Å². The van der Waals surface area contributed by atoms with E-state index in [1.54, 1.807) is 0 Å². The SMILES string of the molecule is CN(C)c1cccc(OC2CCC(=O)C2)c1. The molecule has 3 heteroatoms. The Kier molecular flexibility index (Phi) is 3.13. The standard InChI is InChI=1S/C13H17NO2/c1-14(2)10-4-3-5-12(8-10)16-13-7-6-11(15)9-13/h3-5,8,13H,6-7,9H2,1-2H3. The second kappa shape index (κ2) is 4.56. The van der Waals surface area contributed by atoms with Crippen molar-refractivity contribution >= 4 is 11.5 Å². The van der Waals surface area contributed by atoms with Crippen molar-refractivity contribution in [3.05, 3.63) is 24.3 Å². The van der Waals surface area contributed by atoms with E-state index in [4.69, 9.17) is 4.74 Å². The van der Waals surface area contributed by atoms with Crippen molar-refractivity contribution in [2.24, 2.45) is 0 Å². The number of rotatable bonds is 3. The Morgan fingerprint density at radius 1 is 1.38 bits per heavy atom. The van der Waals surface area contributed by atoms with Crippen LogP contribution in [0.3, 0.4) is 0 Å². The minimum Gasteiger partial charge on any atom is -0.490 e. The molecule has 0 bridgehead atoms. The van der Waals surface area contributed by atoms with Crippen LogP contribution in [0.1, 0.15) is 19.3 Å². The molecule has 3 nitrogen and oxygen atoms in total. The molecule has 1 fully saturated rings. The molecule has 1 saturated carbocycles. The fraction of sp³-hybridized carbons (Fsp3) is 0.462. The molecule has 0 N–H and O–H groups in total. The lowest BCUT2D eigenvalue weighted by Crippen LogP contribution is -2.13. The van der Waals surface area contributed by atoms with E-state index < -0.39 is 0 Å².